The highest BCUT2D eigenvalue weighted by atomic mass is 35.5. The number of carbonyl (C=O) groups excluding carboxylic acids is 2. The van der Waals surface area contributed by atoms with Gasteiger partial charge in [0.2, 0.25) is 11.8 Å². The first-order valence-corrected chi connectivity index (χ1v) is 6.21. The molecule has 0 saturated heterocycles. The third-order valence-corrected chi connectivity index (χ3v) is 3.99. The minimum atomic E-state index is -0.384. The van der Waals surface area contributed by atoms with E-state index in [2.05, 4.69) is 10.3 Å². The number of amides is 2. The van der Waals surface area contributed by atoms with E-state index in [1.165, 1.54) is 23.1 Å². The minimum absolute atomic E-state index is 0. The molecule has 0 spiro atoms. The van der Waals surface area contributed by atoms with Crippen LogP contribution in [0.3, 0.4) is 0 Å². The van der Waals surface area contributed by atoms with Crippen molar-refractivity contribution < 1.29 is 9.59 Å². The maximum Gasteiger partial charge on any atom is 0.239 e. The average molecular weight is 297 g/mol. The largest absolute Gasteiger partial charge is 0.369 e. The zero-order chi connectivity index (χ0) is 12.1. The van der Waals surface area contributed by atoms with Gasteiger partial charge < -0.3 is 16.8 Å². The molecule has 0 bridgehead atoms. The predicted octanol–water partition coefficient (Wildman–Crippen LogP) is 0.348. The molecule has 0 atom stereocenters. The number of nitrogens with zero attached hydrogens (tertiary/aromatic N) is 1. The fourth-order valence-corrected chi connectivity index (χ4v) is 2.77. The van der Waals surface area contributed by atoms with Gasteiger partial charge in [-0.1, -0.05) is 11.3 Å². The van der Waals surface area contributed by atoms with Crippen molar-refractivity contribution in [3.05, 3.63) is 5.69 Å². The number of hydrogen-bond acceptors (Lipinski definition) is 6. The lowest BCUT2D eigenvalue weighted by molar-refractivity contribution is -0.116. The molecule has 1 aromatic heterocycles. The number of nitrogens with two attached hydrogens (primary N) is 2. The van der Waals surface area contributed by atoms with Crippen LogP contribution in [0.25, 0.3) is 0 Å². The first-order chi connectivity index (χ1) is 7.52. The van der Waals surface area contributed by atoms with Crippen molar-refractivity contribution in [3.8, 4) is 0 Å². The molecule has 0 aliphatic rings. The Balaban J connectivity index is 0.00000256. The van der Waals surface area contributed by atoms with E-state index in [-0.39, 0.29) is 36.5 Å². The summed E-state index contributed by atoms with van der Waals surface area (Å²) in [6.07, 6.45) is 0. The quantitative estimate of drug-likeness (QED) is 0.679. The number of anilines is 1. The van der Waals surface area contributed by atoms with E-state index >= 15 is 0 Å². The molecule has 96 valence electrons. The number of thiazole rings is 1. The first-order valence-electron chi connectivity index (χ1n) is 4.41. The number of nitrogens with one attached hydrogen (secondary N) is 1. The highest BCUT2D eigenvalue weighted by Gasteiger charge is 2.10. The van der Waals surface area contributed by atoms with Gasteiger partial charge in [-0.3, -0.25) is 9.59 Å². The minimum Gasteiger partial charge on any atom is -0.369 e. The summed E-state index contributed by atoms with van der Waals surface area (Å²) >= 11 is 2.61. The van der Waals surface area contributed by atoms with Crippen molar-refractivity contribution in [1.82, 2.24) is 4.98 Å². The number of rotatable bonds is 5. The summed E-state index contributed by atoms with van der Waals surface area (Å²) in [6.45, 7) is 1.72. The standard InChI is InChI=1S/C8H12N4O2S2.ClH/c1-4-7(15-3-5(10)13)16-8(11-4)12-6(14)2-9;/h2-3,9H2,1H3,(H2,10,13)(H,11,12,14);1H. The highest BCUT2D eigenvalue weighted by Crippen LogP contribution is 2.31. The molecule has 1 heterocycles. The Morgan fingerprint density at radius 2 is 2.18 bits per heavy atom. The highest BCUT2D eigenvalue weighted by molar-refractivity contribution is 8.01. The Bertz CT molecular complexity index is 410. The third-order valence-electron chi connectivity index (χ3n) is 1.53. The Hall–Kier alpha value is -0.830. The van der Waals surface area contributed by atoms with E-state index in [9.17, 15) is 9.59 Å². The number of aryl methyl sites for hydroxylation is 1. The average Bonchev–Trinajstić information content (AvgIpc) is 2.55. The fourth-order valence-electron chi connectivity index (χ4n) is 0.877. The van der Waals surface area contributed by atoms with Crippen LogP contribution in [0.1, 0.15) is 5.69 Å². The van der Waals surface area contributed by atoms with Gasteiger partial charge in [-0.15, -0.1) is 24.2 Å². The Morgan fingerprint density at radius 1 is 1.53 bits per heavy atom. The van der Waals surface area contributed by atoms with Crippen molar-refractivity contribution in [1.29, 1.82) is 0 Å². The molecule has 0 aliphatic carbocycles. The molecule has 0 aliphatic heterocycles. The van der Waals surface area contributed by atoms with E-state index in [1.54, 1.807) is 6.92 Å². The topological polar surface area (TPSA) is 111 Å². The molecule has 0 fully saturated rings. The van der Waals surface area contributed by atoms with E-state index in [4.69, 9.17) is 11.5 Å². The van der Waals surface area contributed by atoms with Crippen LogP contribution in [-0.4, -0.2) is 29.1 Å². The number of aromatic nitrogens is 1. The monoisotopic (exact) mass is 296 g/mol. The van der Waals surface area contributed by atoms with Gasteiger partial charge in [0.1, 0.15) is 0 Å². The molecule has 6 nitrogen and oxygen atoms in total. The van der Waals surface area contributed by atoms with Crippen LogP contribution in [0.2, 0.25) is 0 Å². The SMILES string of the molecule is Cc1nc(NC(=O)CN)sc1SCC(N)=O.Cl. The van der Waals surface area contributed by atoms with Gasteiger partial charge in [0.05, 0.1) is 22.2 Å². The predicted molar refractivity (Wildman–Crippen MR) is 71.7 cm³/mol. The molecule has 9 heteroatoms. The van der Waals surface area contributed by atoms with Crippen LogP contribution in [-0.2, 0) is 9.59 Å². The first kappa shape index (κ1) is 16.2. The van der Waals surface area contributed by atoms with Gasteiger partial charge in [-0.25, -0.2) is 4.98 Å². The lowest BCUT2D eigenvalue weighted by atomic mass is 10.6. The second kappa shape index (κ2) is 7.49. The number of hydrogen-bond donors (Lipinski definition) is 3. The molecular weight excluding hydrogens is 284 g/mol. The maximum atomic E-state index is 11.0. The summed E-state index contributed by atoms with van der Waals surface area (Å²) in [4.78, 5) is 25.8. The number of halogens is 1. The van der Waals surface area contributed by atoms with Gasteiger partial charge in [0, 0.05) is 0 Å². The van der Waals surface area contributed by atoms with Crippen LogP contribution in [0.4, 0.5) is 5.13 Å². The van der Waals surface area contributed by atoms with Crippen molar-refractivity contribution in [2.75, 3.05) is 17.6 Å². The van der Waals surface area contributed by atoms with Crippen molar-refractivity contribution in [2.24, 2.45) is 11.5 Å². The molecule has 0 radical (unpaired) electrons. The second-order valence-electron chi connectivity index (χ2n) is 2.90. The van der Waals surface area contributed by atoms with E-state index in [0.29, 0.717) is 5.13 Å². The lowest BCUT2D eigenvalue weighted by Crippen LogP contribution is -2.21. The number of primary amides is 1. The molecule has 2 amide bonds. The van der Waals surface area contributed by atoms with E-state index in [0.717, 1.165) is 9.90 Å². The van der Waals surface area contributed by atoms with Gasteiger partial charge in [-0.2, -0.15) is 0 Å². The Kier molecular flexibility index (Phi) is 7.12. The van der Waals surface area contributed by atoms with Gasteiger partial charge >= 0.3 is 0 Å². The van der Waals surface area contributed by atoms with Crippen LogP contribution < -0.4 is 16.8 Å². The lowest BCUT2D eigenvalue weighted by Gasteiger charge is -1.95. The Morgan fingerprint density at radius 3 is 2.71 bits per heavy atom. The van der Waals surface area contributed by atoms with Gasteiger partial charge in [0.15, 0.2) is 5.13 Å². The zero-order valence-corrected chi connectivity index (χ0v) is 11.5. The van der Waals surface area contributed by atoms with Gasteiger partial charge in [0.25, 0.3) is 0 Å². The summed E-state index contributed by atoms with van der Waals surface area (Å²) in [5, 5.41) is 3.04. The van der Waals surface area contributed by atoms with Gasteiger partial charge in [-0.05, 0) is 6.92 Å². The zero-order valence-electron chi connectivity index (χ0n) is 9.06. The number of thioether (sulfide) groups is 1. The van der Waals surface area contributed by atoms with Crippen molar-refractivity contribution in [3.63, 3.8) is 0 Å². The smallest absolute Gasteiger partial charge is 0.239 e. The number of carbonyl (C=O) groups is 2. The summed E-state index contributed by atoms with van der Waals surface area (Å²) in [6, 6.07) is 0. The van der Waals surface area contributed by atoms with Crippen LogP contribution >= 0.6 is 35.5 Å². The molecule has 0 aromatic carbocycles. The van der Waals surface area contributed by atoms with Crippen LogP contribution in [0.15, 0.2) is 4.21 Å². The fraction of sp³-hybridized carbons (Fsp3) is 0.375. The summed E-state index contributed by atoms with van der Waals surface area (Å²) in [5.41, 5.74) is 11.0. The van der Waals surface area contributed by atoms with Crippen molar-refractivity contribution >= 4 is 52.5 Å². The van der Waals surface area contributed by atoms with Crippen molar-refractivity contribution in [2.45, 2.75) is 11.1 Å². The molecule has 1 rings (SSSR count). The molecule has 5 N–H and O–H groups in total. The molecule has 1 aromatic rings. The molecule has 0 saturated carbocycles. The summed E-state index contributed by atoms with van der Waals surface area (Å²) in [7, 11) is 0. The third kappa shape index (κ3) is 5.35. The summed E-state index contributed by atoms with van der Waals surface area (Å²) in [5.74, 6) is -0.474. The van der Waals surface area contributed by atoms with E-state index in [1.807, 2.05) is 0 Å². The van der Waals surface area contributed by atoms with E-state index < -0.39 is 0 Å². The normalized spacial score (nSPS) is 9.53. The van der Waals surface area contributed by atoms with Crippen LogP contribution in [0, 0.1) is 6.92 Å². The summed E-state index contributed by atoms with van der Waals surface area (Å²) < 4.78 is 0.867. The second-order valence-corrected chi connectivity index (χ2v) is 5.14. The Labute approximate surface area is 113 Å². The molecular formula is C8H13ClN4O2S2. The molecule has 17 heavy (non-hydrogen) atoms. The van der Waals surface area contributed by atoms with Crippen LogP contribution in [0.5, 0.6) is 0 Å². The molecule has 0 unspecified atom stereocenters. The maximum absolute atomic E-state index is 11.0.